The summed E-state index contributed by atoms with van der Waals surface area (Å²) in [6.07, 6.45) is 4.08. The average Bonchev–Trinajstić information content (AvgIpc) is 2.89. The number of piperidine rings is 1. The number of nitrogens with zero attached hydrogens (tertiary/aromatic N) is 2. The largest absolute Gasteiger partial charge is 0.369 e. The minimum atomic E-state index is -0.665. The fourth-order valence-corrected chi connectivity index (χ4v) is 6.40. The summed E-state index contributed by atoms with van der Waals surface area (Å²) in [5, 5.41) is 0.988. The number of aryl methyl sites for hydroxylation is 2. The maximum atomic E-state index is 13.5. The molecule has 2 aromatic carbocycles. The van der Waals surface area contributed by atoms with Crippen molar-refractivity contribution < 1.29 is 14.3 Å². The maximum Gasteiger partial charge on any atom is 0.227 e. The van der Waals surface area contributed by atoms with Crippen LogP contribution in [0.2, 0.25) is 10.0 Å². The van der Waals surface area contributed by atoms with E-state index < -0.39 is 5.60 Å². The molecule has 0 spiro atoms. The highest BCUT2D eigenvalue weighted by Gasteiger charge is 2.40. The summed E-state index contributed by atoms with van der Waals surface area (Å²) >= 11 is 12.7. The first-order valence-corrected chi connectivity index (χ1v) is 14.8. The van der Waals surface area contributed by atoms with Gasteiger partial charge in [0.25, 0.3) is 0 Å². The van der Waals surface area contributed by atoms with Crippen LogP contribution in [0.15, 0.2) is 36.4 Å². The Labute approximate surface area is 242 Å². The molecule has 0 saturated carbocycles. The highest BCUT2D eigenvalue weighted by atomic mass is 35.5. The lowest BCUT2D eigenvalue weighted by atomic mass is 9.86. The molecule has 4 rings (SSSR count). The van der Waals surface area contributed by atoms with Gasteiger partial charge in [-0.2, -0.15) is 0 Å². The van der Waals surface area contributed by atoms with Crippen LogP contribution in [0, 0.1) is 25.7 Å². The highest BCUT2D eigenvalue weighted by Crippen LogP contribution is 2.37. The monoisotopic (exact) mass is 573 g/mol. The number of ether oxygens (including phenoxy) is 1. The summed E-state index contributed by atoms with van der Waals surface area (Å²) < 4.78 is 6.53. The summed E-state index contributed by atoms with van der Waals surface area (Å²) in [7, 11) is 0. The summed E-state index contributed by atoms with van der Waals surface area (Å²) in [5.74, 6) is 0.337. The van der Waals surface area contributed by atoms with Crippen molar-refractivity contribution in [1.82, 2.24) is 9.80 Å². The predicted octanol–water partition coefficient (Wildman–Crippen LogP) is 5.52. The number of rotatable bonds is 9. The SMILES string of the molecule is Cc1cc(C)cc(CC(=O)N2CCOC(CCN3CCC(CC(C)C(N)=O)CC3)(c3ccc(Cl)c(Cl)c3)C2)c1. The van der Waals surface area contributed by atoms with Crippen molar-refractivity contribution in [1.29, 1.82) is 0 Å². The van der Waals surface area contributed by atoms with Crippen LogP contribution in [0.5, 0.6) is 0 Å². The van der Waals surface area contributed by atoms with Crippen LogP contribution in [-0.4, -0.2) is 60.9 Å². The summed E-state index contributed by atoms with van der Waals surface area (Å²) in [4.78, 5) is 29.4. The molecular weight excluding hydrogens is 533 g/mol. The first-order chi connectivity index (χ1) is 18.5. The number of hydrogen-bond donors (Lipinski definition) is 1. The number of likely N-dealkylation sites (tertiary alicyclic amines) is 1. The molecule has 212 valence electrons. The average molecular weight is 575 g/mol. The van der Waals surface area contributed by atoms with Crippen molar-refractivity contribution in [2.45, 2.75) is 58.5 Å². The minimum Gasteiger partial charge on any atom is -0.369 e. The fraction of sp³-hybridized carbons (Fsp3) is 0.548. The molecule has 2 amide bonds. The number of primary amides is 1. The van der Waals surface area contributed by atoms with E-state index >= 15 is 0 Å². The van der Waals surface area contributed by atoms with Crippen molar-refractivity contribution in [2.75, 3.05) is 39.3 Å². The van der Waals surface area contributed by atoms with Gasteiger partial charge in [-0.3, -0.25) is 9.59 Å². The van der Waals surface area contributed by atoms with Gasteiger partial charge in [-0.15, -0.1) is 0 Å². The third-order valence-electron chi connectivity index (χ3n) is 8.33. The van der Waals surface area contributed by atoms with Crippen LogP contribution in [0.25, 0.3) is 0 Å². The molecule has 2 unspecified atom stereocenters. The Kier molecular flexibility index (Phi) is 9.97. The van der Waals surface area contributed by atoms with Crippen LogP contribution in [0.3, 0.4) is 0 Å². The zero-order chi connectivity index (χ0) is 28.2. The van der Waals surface area contributed by atoms with Gasteiger partial charge in [-0.1, -0.05) is 65.5 Å². The van der Waals surface area contributed by atoms with Crippen molar-refractivity contribution in [3.05, 3.63) is 68.7 Å². The van der Waals surface area contributed by atoms with Crippen LogP contribution >= 0.6 is 23.2 Å². The normalized spacial score (nSPS) is 21.6. The lowest BCUT2D eigenvalue weighted by Crippen LogP contribution is -2.53. The molecule has 8 heteroatoms. The number of carbonyl (C=O) groups is 2. The van der Waals surface area contributed by atoms with Gasteiger partial charge < -0.3 is 20.3 Å². The first-order valence-electron chi connectivity index (χ1n) is 14.0. The fourth-order valence-electron chi connectivity index (χ4n) is 6.10. The Balaban J connectivity index is 1.46. The van der Waals surface area contributed by atoms with Crippen molar-refractivity contribution in [3.8, 4) is 0 Å². The Morgan fingerprint density at radius 1 is 1.05 bits per heavy atom. The quantitative estimate of drug-likeness (QED) is 0.428. The number of hydrogen-bond acceptors (Lipinski definition) is 4. The topological polar surface area (TPSA) is 75.9 Å². The maximum absolute atomic E-state index is 13.5. The van der Waals surface area contributed by atoms with Gasteiger partial charge in [0, 0.05) is 19.0 Å². The van der Waals surface area contributed by atoms with Crippen LogP contribution in [-0.2, 0) is 26.3 Å². The molecule has 0 bridgehead atoms. The van der Waals surface area contributed by atoms with E-state index in [-0.39, 0.29) is 17.7 Å². The molecule has 2 aliphatic heterocycles. The summed E-state index contributed by atoms with van der Waals surface area (Å²) in [6.45, 7) is 10.3. The Hall–Kier alpha value is -2.12. The molecule has 2 heterocycles. The zero-order valence-corrected chi connectivity index (χ0v) is 24.9. The molecule has 0 aromatic heterocycles. The second-order valence-corrected chi connectivity index (χ2v) is 12.3. The first kappa shape index (κ1) is 29.9. The minimum absolute atomic E-state index is 0.0812. The lowest BCUT2D eigenvalue weighted by Gasteiger charge is -2.45. The Morgan fingerprint density at radius 3 is 2.38 bits per heavy atom. The van der Waals surface area contributed by atoms with E-state index in [2.05, 4.69) is 36.9 Å². The van der Waals surface area contributed by atoms with Gasteiger partial charge in [0.15, 0.2) is 0 Å². The molecule has 2 N–H and O–H groups in total. The van der Waals surface area contributed by atoms with E-state index in [1.165, 1.54) is 0 Å². The van der Waals surface area contributed by atoms with Gasteiger partial charge in [-0.05, 0) is 81.8 Å². The number of carbonyl (C=O) groups excluding carboxylic acids is 2. The van der Waals surface area contributed by atoms with Crippen molar-refractivity contribution >= 4 is 35.0 Å². The van der Waals surface area contributed by atoms with Gasteiger partial charge >= 0.3 is 0 Å². The van der Waals surface area contributed by atoms with E-state index in [1.54, 1.807) is 0 Å². The number of amides is 2. The number of morpholine rings is 1. The Bertz CT molecular complexity index is 1160. The molecule has 39 heavy (non-hydrogen) atoms. The van der Waals surface area contributed by atoms with E-state index in [0.717, 1.165) is 67.6 Å². The van der Waals surface area contributed by atoms with E-state index in [4.69, 9.17) is 33.7 Å². The predicted molar refractivity (Wildman–Crippen MR) is 157 cm³/mol. The lowest BCUT2D eigenvalue weighted by molar-refractivity contribution is -0.154. The van der Waals surface area contributed by atoms with Crippen LogP contribution in [0.4, 0.5) is 0 Å². The molecule has 0 aliphatic carbocycles. The van der Waals surface area contributed by atoms with Crippen LogP contribution in [0.1, 0.15) is 54.9 Å². The smallest absolute Gasteiger partial charge is 0.227 e. The molecule has 2 fully saturated rings. The second-order valence-electron chi connectivity index (χ2n) is 11.5. The molecule has 2 aromatic rings. The second kappa shape index (κ2) is 13.0. The van der Waals surface area contributed by atoms with E-state index in [1.807, 2.05) is 30.0 Å². The number of nitrogens with two attached hydrogens (primary N) is 1. The molecular formula is C31H41Cl2N3O3. The van der Waals surface area contributed by atoms with Gasteiger partial charge in [0.05, 0.1) is 29.6 Å². The molecule has 0 radical (unpaired) electrons. The molecule has 6 nitrogen and oxygen atoms in total. The third kappa shape index (κ3) is 7.75. The zero-order valence-electron chi connectivity index (χ0n) is 23.3. The van der Waals surface area contributed by atoms with Gasteiger partial charge in [0.1, 0.15) is 5.60 Å². The Morgan fingerprint density at radius 2 is 1.74 bits per heavy atom. The van der Waals surface area contributed by atoms with Gasteiger partial charge in [-0.25, -0.2) is 0 Å². The van der Waals surface area contributed by atoms with E-state index in [9.17, 15) is 9.59 Å². The van der Waals surface area contributed by atoms with Crippen molar-refractivity contribution in [2.24, 2.45) is 17.6 Å². The summed E-state index contributed by atoms with van der Waals surface area (Å²) in [6, 6.07) is 12.0. The number of halogens is 2. The van der Waals surface area contributed by atoms with E-state index in [0.29, 0.717) is 42.1 Å². The van der Waals surface area contributed by atoms with Crippen LogP contribution < -0.4 is 5.73 Å². The highest BCUT2D eigenvalue weighted by molar-refractivity contribution is 6.42. The molecule has 2 saturated heterocycles. The molecule has 2 atom stereocenters. The summed E-state index contributed by atoms with van der Waals surface area (Å²) in [5.41, 5.74) is 9.13. The standard InChI is InChI=1S/C31H41Cl2N3O3/c1-21-14-22(2)16-25(15-21)18-29(37)36-12-13-39-31(20-36,26-4-5-27(32)28(33)19-26)8-11-35-9-6-24(7-10-35)17-23(3)30(34)38/h4-5,14-16,19,23-24H,6-13,17-18,20H2,1-3H3,(H2,34,38). The van der Waals surface area contributed by atoms with Crippen molar-refractivity contribution in [3.63, 3.8) is 0 Å². The third-order valence-corrected chi connectivity index (χ3v) is 9.07. The number of benzene rings is 2. The molecule has 2 aliphatic rings. The van der Waals surface area contributed by atoms with Gasteiger partial charge in [0.2, 0.25) is 11.8 Å².